The van der Waals surface area contributed by atoms with E-state index in [1.54, 1.807) is 24.1 Å². The molecule has 6 nitrogen and oxygen atoms in total. The molecule has 2 saturated carbocycles. The van der Waals surface area contributed by atoms with E-state index in [1.807, 2.05) is 18.2 Å². The van der Waals surface area contributed by atoms with Gasteiger partial charge in [-0.15, -0.1) is 0 Å². The Bertz CT molecular complexity index is 1150. The monoisotopic (exact) mass is 454 g/mol. The number of nitrogens with one attached hydrogen (secondary N) is 1. The fourth-order valence-corrected chi connectivity index (χ4v) is 5.70. The first-order valence-electron chi connectivity index (χ1n) is 10.8. The Kier molecular flexibility index (Phi) is 5.26. The van der Waals surface area contributed by atoms with E-state index >= 15 is 0 Å². The molecular formula is C24H24ClFN4O2. The second-order valence-electron chi connectivity index (χ2n) is 9.02. The predicted octanol–water partition coefficient (Wildman–Crippen LogP) is 4.65. The highest BCUT2D eigenvalue weighted by molar-refractivity contribution is 6.31. The van der Waals surface area contributed by atoms with Gasteiger partial charge in [0.1, 0.15) is 17.1 Å². The van der Waals surface area contributed by atoms with Crippen molar-refractivity contribution >= 4 is 23.2 Å². The molecule has 0 radical (unpaired) electrons. The van der Waals surface area contributed by atoms with E-state index in [9.17, 15) is 14.3 Å². The van der Waals surface area contributed by atoms with Gasteiger partial charge in [0.05, 0.1) is 22.7 Å². The van der Waals surface area contributed by atoms with Crippen LogP contribution in [0.3, 0.4) is 0 Å². The van der Waals surface area contributed by atoms with Crippen LogP contribution in [0.15, 0.2) is 48.9 Å². The number of nitrogens with zero attached hydrogens (tertiary/aromatic N) is 3. The van der Waals surface area contributed by atoms with E-state index in [0.717, 1.165) is 24.2 Å². The summed E-state index contributed by atoms with van der Waals surface area (Å²) in [5.74, 6) is 0.0393. The van der Waals surface area contributed by atoms with Crippen LogP contribution in [0.4, 0.5) is 10.1 Å². The maximum atomic E-state index is 13.4. The van der Waals surface area contributed by atoms with Crippen LogP contribution in [0.5, 0.6) is 0 Å². The largest absolute Gasteiger partial charge is 0.384 e. The SMILES string of the molecule is Cn1cnc(C2CC3CC(O)(c4ccccn4)CC3C2)c1C(=O)Nc1ccc(F)c(Cl)c1. The van der Waals surface area contributed by atoms with Crippen molar-refractivity contribution in [3.63, 3.8) is 0 Å². The van der Waals surface area contributed by atoms with Crippen molar-refractivity contribution in [3.8, 4) is 0 Å². The van der Waals surface area contributed by atoms with E-state index in [2.05, 4.69) is 15.3 Å². The Balaban J connectivity index is 1.33. The van der Waals surface area contributed by atoms with Crippen molar-refractivity contribution in [2.24, 2.45) is 18.9 Å². The summed E-state index contributed by atoms with van der Waals surface area (Å²) >= 11 is 5.84. The van der Waals surface area contributed by atoms with Crippen LogP contribution in [0, 0.1) is 17.7 Å². The van der Waals surface area contributed by atoms with E-state index in [1.165, 1.54) is 18.2 Å². The van der Waals surface area contributed by atoms with Crippen LogP contribution in [0.1, 0.15) is 53.5 Å². The molecule has 0 spiro atoms. The average Bonchev–Trinajstić information content (AvgIpc) is 3.42. The molecule has 2 aliphatic rings. The quantitative estimate of drug-likeness (QED) is 0.601. The van der Waals surface area contributed by atoms with Gasteiger partial charge in [0.2, 0.25) is 0 Å². The minimum atomic E-state index is -0.881. The number of aromatic nitrogens is 3. The summed E-state index contributed by atoms with van der Waals surface area (Å²) < 4.78 is 15.2. The molecule has 2 unspecified atom stereocenters. The number of carbonyl (C=O) groups excluding carboxylic acids is 1. The van der Waals surface area contributed by atoms with Gasteiger partial charge in [0.25, 0.3) is 5.91 Å². The number of fused-ring (bicyclic) bond motifs is 1. The number of benzene rings is 1. The van der Waals surface area contributed by atoms with E-state index in [4.69, 9.17) is 11.6 Å². The van der Waals surface area contributed by atoms with Gasteiger partial charge in [-0.2, -0.15) is 0 Å². The number of aryl methyl sites for hydroxylation is 1. The van der Waals surface area contributed by atoms with E-state index in [-0.39, 0.29) is 16.8 Å². The minimum Gasteiger partial charge on any atom is -0.384 e. The minimum absolute atomic E-state index is 0.0444. The first-order valence-corrected chi connectivity index (χ1v) is 11.1. The van der Waals surface area contributed by atoms with E-state index in [0.29, 0.717) is 36.1 Å². The fourth-order valence-electron chi connectivity index (χ4n) is 5.52. The van der Waals surface area contributed by atoms with Crippen molar-refractivity contribution in [2.75, 3.05) is 5.32 Å². The number of pyridine rings is 1. The third kappa shape index (κ3) is 3.69. The van der Waals surface area contributed by atoms with Crippen molar-refractivity contribution in [1.29, 1.82) is 0 Å². The third-order valence-electron chi connectivity index (χ3n) is 6.93. The lowest BCUT2D eigenvalue weighted by atomic mass is 9.90. The van der Waals surface area contributed by atoms with Gasteiger partial charge in [0.15, 0.2) is 0 Å². The Morgan fingerprint density at radius 3 is 2.62 bits per heavy atom. The Morgan fingerprint density at radius 2 is 1.97 bits per heavy atom. The van der Waals surface area contributed by atoms with Gasteiger partial charge in [-0.25, -0.2) is 9.37 Å². The van der Waals surface area contributed by atoms with Crippen LogP contribution in [-0.4, -0.2) is 25.5 Å². The summed E-state index contributed by atoms with van der Waals surface area (Å²) in [6.45, 7) is 0. The lowest BCUT2D eigenvalue weighted by Crippen LogP contribution is -2.24. The van der Waals surface area contributed by atoms with Crippen molar-refractivity contribution in [1.82, 2.24) is 14.5 Å². The van der Waals surface area contributed by atoms with Gasteiger partial charge in [0, 0.05) is 24.8 Å². The topological polar surface area (TPSA) is 80.0 Å². The molecule has 166 valence electrons. The number of hydrogen-bond donors (Lipinski definition) is 2. The zero-order valence-corrected chi connectivity index (χ0v) is 18.4. The van der Waals surface area contributed by atoms with Crippen LogP contribution in [0.25, 0.3) is 0 Å². The first kappa shape index (κ1) is 21.1. The summed E-state index contributed by atoms with van der Waals surface area (Å²) in [6.07, 6.45) is 6.47. The maximum Gasteiger partial charge on any atom is 0.274 e. The number of aliphatic hydroxyl groups is 1. The van der Waals surface area contributed by atoms with Crippen LogP contribution < -0.4 is 5.32 Å². The second-order valence-corrected chi connectivity index (χ2v) is 9.42. The number of halogens is 2. The molecule has 2 N–H and O–H groups in total. The number of rotatable bonds is 4. The van der Waals surface area contributed by atoms with Crippen molar-refractivity contribution < 1.29 is 14.3 Å². The molecule has 2 atom stereocenters. The summed E-state index contributed by atoms with van der Waals surface area (Å²) in [4.78, 5) is 22.0. The summed E-state index contributed by atoms with van der Waals surface area (Å²) in [5, 5.41) is 14.0. The number of amides is 1. The van der Waals surface area contributed by atoms with Gasteiger partial charge in [-0.1, -0.05) is 17.7 Å². The molecule has 0 saturated heterocycles. The predicted molar refractivity (Wildman–Crippen MR) is 119 cm³/mol. The maximum absolute atomic E-state index is 13.4. The zero-order chi connectivity index (χ0) is 22.5. The van der Waals surface area contributed by atoms with Gasteiger partial charge >= 0.3 is 0 Å². The smallest absolute Gasteiger partial charge is 0.274 e. The van der Waals surface area contributed by atoms with Gasteiger partial charge in [-0.05, 0) is 67.9 Å². The highest BCUT2D eigenvalue weighted by Gasteiger charge is 2.51. The van der Waals surface area contributed by atoms with Crippen molar-refractivity contribution in [2.45, 2.75) is 37.2 Å². The molecule has 8 heteroatoms. The molecule has 32 heavy (non-hydrogen) atoms. The van der Waals surface area contributed by atoms with Crippen molar-refractivity contribution in [3.05, 3.63) is 76.8 Å². The third-order valence-corrected chi connectivity index (χ3v) is 7.22. The number of carbonyl (C=O) groups is 1. The Labute approximate surface area is 190 Å². The highest BCUT2D eigenvalue weighted by Crippen LogP contribution is 2.56. The molecule has 1 amide bonds. The van der Waals surface area contributed by atoms with Gasteiger partial charge in [-0.3, -0.25) is 9.78 Å². The highest BCUT2D eigenvalue weighted by atomic mass is 35.5. The lowest BCUT2D eigenvalue weighted by Gasteiger charge is -2.24. The zero-order valence-electron chi connectivity index (χ0n) is 17.6. The van der Waals surface area contributed by atoms with Crippen LogP contribution in [0.2, 0.25) is 5.02 Å². The molecule has 5 rings (SSSR count). The number of hydrogen-bond acceptors (Lipinski definition) is 4. The van der Waals surface area contributed by atoms with Crippen LogP contribution in [-0.2, 0) is 12.6 Å². The molecule has 1 aromatic carbocycles. The first-order chi connectivity index (χ1) is 15.3. The molecule has 2 aliphatic carbocycles. The Hall–Kier alpha value is -2.77. The fraction of sp³-hybridized carbons (Fsp3) is 0.375. The van der Waals surface area contributed by atoms with Gasteiger partial charge < -0.3 is 15.0 Å². The standard InChI is InChI=1S/C24H24ClFN4O2/c1-30-13-28-21(22(30)23(31)29-17-5-6-19(26)18(25)10-17)14-8-15-11-24(32,12-16(15)9-14)20-4-2-3-7-27-20/h2-7,10,13-16,32H,8-9,11-12H2,1H3,(H,29,31). The summed E-state index contributed by atoms with van der Waals surface area (Å²) in [5.41, 5.74) is 1.55. The summed E-state index contributed by atoms with van der Waals surface area (Å²) in [7, 11) is 1.79. The summed E-state index contributed by atoms with van der Waals surface area (Å²) in [6, 6.07) is 9.75. The Morgan fingerprint density at radius 1 is 1.22 bits per heavy atom. The lowest BCUT2D eigenvalue weighted by molar-refractivity contribution is 0.0301. The molecule has 2 heterocycles. The molecular weight excluding hydrogens is 431 g/mol. The molecule has 3 aromatic rings. The molecule has 0 bridgehead atoms. The molecule has 0 aliphatic heterocycles. The van der Waals surface area contributed by atoms with Crippen LogP contribution >= 0.6 is 11.6 Å². The molecule has 2 aromatic heterocycles. The number of anilines is 1. The second kappa shape index (κ2) is 7.98. The average molecular weight is 455 g/mol. The normalized spacial score (nSPS) is 26.8. The number of imidazole rings is 1. The van der Waals surface area contributed by atoms with E-state index < -0.39 is 11.4 Å². The molecule has 2 fully saturated rings.